The van der Waals surface area contributed by atoms with Gasteiger partial charge in [-0.25, -0.2) is 0 Å². The van der Waals surface area contributed by atoms with Gasteiger partial charge in [0.15, 0.2) is 0 Å². The predicted octanol–water partition coefficient (Wildman–Crippen LogP) is 21.8. The van der Waals surface area contributed by atoms with Gasteiger partial charge in [-0.3, -0.25) is 0 Å². The molecule has 10 aromatic rings. The fourth-order valence-corrected chi connectivity index (χ4v) is 18.9. The highest BCUT2D eigenvalue weighted by Crippen LogP contribution is 2.67. The minimum Gasteiger partial charge on any atom is -0.310 e. The number of hydrogen-bond donors (Lipinski definition) is 0. The van der Waals surface area contributed by atoms with Gasteiger partial charge < -0.3 is 4.90 Å². The smallest absolute Gasteiger partial charge is 0.0739 e. The molecule has 0 saturated heterocycles. The van der Waals surface area contributed by atoms with Gasteiger partial charge in [-0.15, -0.1) is 0 Å². The molecule has 0 aromatic heterocycles. The third-order valence-electron chi connectivity index (χ3n) is 20.3. The van der Waals surface area contributed by atoms with E-state index in [1.165, 1.54) is 126 Å². The van der Waals surface area contributed by atoms with E-state index in [1.54, 1.807) is 0 Å². The zero-order valence-corrected chi connectivity index (χ0v) is 51.2. The molecule has 0 radical (unpaired) electrons. The van der Waals surface area contributed by atoms with Crippen molar-refractivity contribution in [3.8, 4) is 22.3 Å². The van der Waals surface area contributed by atoms with Gasteiger partial charge in [0.25, 0.3) is 0 Å². The Morgan fingerprint density at radius 2 is 0.965 bits per heavy atom. The number of anilines is 3. The maximum atomic E-state index is 3.71. The Morgan fingerprint density at radius 3 is 1.64 bits per heavy atom. The number of thioether (sulfide) groups is 1. The summed E-state index contributed by atoms with van der Waals surface area (Å²) in [6.45, 7) is 14.3. The van der Waals surface area contributed by atoms with E-state index in [9.17, 15) is 0 Å². The van der Waals surface area contributed by atoms with Crippen LogP contribution in [0.25, 0.3) is 27.8 Å². The molecule has 3 heteroatoms. The highest BCUT2D eigenvalue weighted by Gasteiger charge is 2.55. The van der Waals surface area contributed by atoms with Crippen LogP contribution in [0.5, 0.6) is 0 Å². The van der Waals surface area contributed by atoms with Crippen LogP contribution in [0.3, 0.4) is 0 Å². The topological polar surface area (TPSA) is 3.24 Å². The SMILES string of the molecule is CC(C)(C)C1=CC2=C(CC1)c1ccc(C(C)(C)C)cc1C21c2ccc#cc2Sc2ccc(N(c3ccc4c(c3)C3(C5=C(CCC=C5)Sc5ccccc53)c3ccccc3-4)c3ccc4c(c3)C(c3ccccc3)(c3ccccc3)c3ccccc3-4)cc21. The van der Waals surface area contributed by atoms with Crippen molar-refractivity contribution in [2.24, 2.45) is 5.41 Å². The highest BCUT2D eigenvalue weighted by molar-refractivity contribution is 8.03. The van der Waals surface area contributed by atoms with Crippen molar-refractivity contribution >= 4 is 46.2 Å². The highest BCUT2D eigenvalue weighted by atomic mass is 32.2. The second kappa shape index (κ2) is 18.7. The number of allylic oxidation sites excluding steroid dienone is 8. The summed E-state index contributed by atoms with van der Waals surface area (Å²) in [6.07, 6.45) is 11.7. The molecule has 0 bridgehead atoms. The summed E-state index contributed by atoms with van der Waals surface area (Å²) in [7, 11) is 0. The normalized spacial score (nSPS) is 19.5. The summed E-state index contributed by atoms with van der Waals surface area (Å²) in [5, 5.41) is 0. The van der Waals surface area contributed by atoms with E-state index < -0.39 is 16.2 Å². The molecule has 2 aliphatic heterocycles. The van der Waals surface area contributed by atoms with Crippen LogP contribution >= 0.6 is 23.5 Å². The van der Waals surface area contributed by atoms with Crippen LogP contribution < -0.4 is 4.90 Å². The zero-order chi connectivity index (χ0) is 57.9. The van der Waals surface area contributed by atoms with Crippen LogP contribution in [-0.4, -0.2) is 0 Å². The first-order valence-electron chi connectivity index (χ1n) is 30.8. The first kappa shape index (κ1) is 51.9. The third-order valence-corrected chi connectivity index (χ3v) is 22.7. The molecule has 1 nitrogen and oxygen atoms in total. The lowest BCUT2D eigenvalue weighted by Crippen LogP contribution is -2.34. The van der Waals surface area contributed by atoms with Crippen molar-refractivity contribution < 1.29 is 0 Å². The molecule has 5 aliphatic carbocycles. The molecule has 17 rings (SSSR count). The van der Waals surface area contributed by atoms with E-state index in [1.807, 2.05) is 23.5 Å². The van der Waals surface area contributed by atoms with Crippen LogP contribution in [0.1, 0.15) is 134 Å². The standard InChI is InChI=1S/C83H65NS2/c1-79(2,3)54-37-42-61-62-43-38-55(80(4,5)6)48-71(62)83(70(61)47-54)69-33-19-22-36-77(69)86-78-46-41-58(51-74(78)83)84(56-39-44-63-59-27-13-15-29-65(59)81(72(63)49-56,52-23-9-7-10-24-52)53-25-11-8-12-26-53)57-40-45-64-60-28-14-16-30-66(60)82(73(64)50-57)67-31-17-20-34-75(67)85-76-35-21-18-32-68(76)82/h7-20,23-34,37,39-42,44-51H,21,35,38,43H2,1-6H3. The molecule has 0 fully saturated rings. The van der Waals surface area contributed by atoms with Gasteiger partial charge in [0.1, 0.15) is 0 Å². The average Bonchev–Trinajstić information content (AvgIpc) is 1.88. The second-order valence-electron chi connectivity index (χ2n) is 26.7. The Kier molecular flexibility index (Phi) is 11.3. The van der Waals surface area contributed by atoms with Gasteiger partial charge in [-0.05, 0) is 208 Å². The molecule has 86 heavy (non-hydrogen) atoms. The average molecular weight is 1140 g/mol. The molecule has 0 saturated carbocycles. The van der Waals surface area contributed by atoms with E-state index in [4.69, 9.17) is 0 Å². The van der Waals surface area contributed by atoms with Crippen LogP contribution in [0, 0.1) is 17.5 Å². The van der Waals surface area contributed by atoms with Crippen molar-refractivity contribution in [1.29, 1.82) is 0 Å². The van der Waals surface area contributed by atoms with Crippen molar-refractivity contribution in [1.82, 2.24) is 0 Å². The molecular weight excluding hydrogens is 1080 g/mol. The largest absolute Gasteiger partial charge is 0.310 e. The summed E-state index contributed by atoms with van der Waals surface area (Å²) < 4.78 is 0. The van der Waals surface area contributed by atoms with Crippen LogP contribution in [0.2, 0.25) is 0 Å². The number of nitrogens with zero attached hydrogens (tertiary/aromatic N) is 1. The number of rotatable bonds is 5. The van der Waals surface area contributed by atoms with E-state index in [2.05, 4.69) is 295 Å². The third kappa shape index (κ3) is 7.06. The molecule has 10 aromatic carbocycles. The summed E-state index contributed by atoms with van der Waals surface area (Å²) in [6, 6.07) is 91.8. The molecule has 2 heterocycles. The number of fused-ring (bicyclic) bond motifs is 19. The fraction of sp³-hybridized carbons (Fsp3) is 0.181. The lowest BCUT2D eigenvalue weighted by Gasteiger charge is -2.42. The Morgan fingerprint density at radius 1 is 0.419 bits per heavy atom. The van der Waals surface area contributed by atoms with Gasteiger partial charge in [0.2, 0.25) is 0 Å². The molecular formula is C83H65NS2. The van der Waals surface area contributed by atoms with E-state index >= 15 is 0 Å². The van der Waals surface area contributed by atoms with Crippen molar-refractivity contribution in [2.45, 2.75) is 104 Å². The monoisotopic (exact) mass is 1140 g/mol. The molecule has 7 aliphatic rings. The molecule has 2 spiro atoms. The summed E-state index contributed by atoms with van der Waals surface area (Å²) in [5.41, 5.74) is 28.5. The van der Waals surface area contributed by atoms with Crippen LogP contribution in [-0.2, 0) is 21.7 Å². The number of hydrogen-bond acceptors (Lipinski definition) is 3. The van der Waals surface area contributed by atoms with Crippen molar-refractivity contribution in [3.05, 3.63) is 337 Å². The van der Waals surface area contributed by atoms with Crippen molar-refractivity contribution in [3.63, 3.8) is 0 Å². The van der Waals surface area contributed by atoms with Gasteiger partial charge >= 0.3 is 0 Å². The first-order chi connectivity index (χ1) is 41.9. The van der Waals surface area contributed by atoms with Crippen LogP contribution in [0.4, 0.5) is 17.1 Å². The molecule has 2 atom stereocenters. The lowest BCUT2D eigenvalue weighted by molar-refractivity contribution is 0.480. The van der Waals surface area contributed by atoms with Gasteiger partial charge in [-0.1, -0.05) is 259 Å². The quantitative estimate of drug-likeness (QED) is 0.169. The zero-order valence-electron chi connectivity index (χ0n) is 49.6. The second-order valence-corrected chi connectivity index (χ2v) is 28.9. The molecule has 414 valence electrons. The maximum absolute atomic E-state index is 3.71. The van der Waals surface area contributed by atoms with Crippen molar-refractivity contribution in [2.75, 3.05) is 4.90 Å². The Hall–Kier alpha value is -8.52. The van der Waals surface area contributed by atoms with E-state index in [0.717, 1.165) is 47.6 Å². The van der Waals surface area contributed by atoms with Gasteiger partial charge in [0.05, 0.1) is 21.1 Å². The number of benzene rings is 9. The van der Waals surface area contributed by atoms with Crippen LogP contribution in [0.15, 0.2) is 273 Å². The van der Waals surface area contributed by atoms with E-state index in [-0.39, 0.29) is 10.8 Å². The fourth-order valence-electron chi connectivity index (χ4n) is 16.5. The maximum Gasteiger partial charge on any atom is 0.0739 e. The lowest BCUT2D eigenvalue weighted by atomic mass is 9.64. The molecule has 0 amide bonds. The van der Waals surface area contributed by atoms with Gasteiger partial charge in [-0.2, -0.15) is 0 Å². The summed E-state index contributed by atoms with van der Waals surface area (Å²) in [4.78, 5) is 7.87. The summed E-state index contributed by atoms with van der Waals surface area (Å²) in [5.74, 6) is 0. The Balaban J connectivity index is 0.976. The first-order valence-corrected chi connectivity index (χ1v) is 32.5. The minimum atomic E-state index is -0.620. The van der Waals surface area contributed by atoms with E-state index in [0.29, 0.717) is 0 Å². The Bertz CT molecular complexity index is 4630. The minimum absolute atomic E-state index is 0.00365. The predicted molar refractivity (Wildman–Crippen MR) is 358 cm³/mol. The molecule has 2 unspecified atom stereocenters. The molecule has 0 N–H and O–H groups in total. The summed E-state index contributed by atoms with van der Waals surface area (Å²) >= 11 is 3.84. The Labute approximate surface area is 516 Å². The van der Waals surface area contributed by atoms with Gasteiger partial charge in [0, 0.05) is 26.9 Å².